The molecule has 0 saturated carbocycles. The number of rotatable bonds is 11. The van der Waals surface area contributed by atoms with Gasteiger partial charge in [0.2, 0.25) is 5.91 Å². The Morgan fingerprint density at radius 3 is 2.11 bits per heavy atom. The van der Waals surface area contributed by atoms with E-state index in [1.165, 1.54) is 0 Å². The molecule has 5 heteroatoms. The van der Waals surface area contributed by atoms with E-state index in [1.54, 1.807) is 4.90 Å². The highest BCUT2D eigenvalue weighted by Crippen LogP contribution is 2.19. The molecule has 0 aliphatic heterocycles. The number of carbonyl (C=O) groups excluding carboxylic acids is 2. The Balaban J connectivity index is 1.91. The summed E-state index contributed by atoms with van der Waals surface area (Å²) in [6.45, 7) is 10.2. The molecule has 190 valence electrons. The number of nitrogens with zero attached hydrogens (tertiary/aromatic N) is 1. The van der Waals surface area contributed by atoms with Crippen LogP contribution in [0.3, 0.4) is 0 Å². The first-order valence-electron chi connectivity index (χ1n) is 12.7. The van der Waals surface area contributed by atoms with Gasteiger partial charge in [-0.25, -0.2) is 0 Å². The number of benzene rings is 3. The van der Waals surface area contributed by atoms with E-state index < -0.39 is 6.04 Å². The summed E-state index contributed by atoms with van der Waals surface area (Å²) in [4.78, 5) is 28.9. The van der Waals surface area contributed by atoms with Crippen LogP contribution in [0.25, 0.3) is 0 Å². The Hall–Kier alpha value is -3.60. The lowest BCUT2D eigenvalue weighted by molar-refractivity contribution is -0.143. The lowest BCUT2D eigenvalue weighted by Gasteiger charge is -2.32. The largest absolute Gasteiger partial charge is 0.484 e. The minimum Gasteiger partial charge on any atom is -0.484 e. The molecule has 0 fully saturated rings. The van der Waals surface area contributed by atoms with Crippen molar-refractivity contribution in [2.24, 2.45) is 0 Å². The molecule has 2 amide bonds. The van der Waals surface area contributed by atoms with Crippen molar-refractivity contribution < 1.29 is 14.3 Å². The number of nitrogens with one attached hydrogen (secondary N) is 1. The van der Waals surface area contributed by atoms with Crippen molar-refractivity contribution in [1.82, 2.24) is 10.2 Å². The maximum absolute atomic E-state index is 13.7. The van der Waals surface area contributed by atoms with Gasteiger partial charge in [-0.3, -0.25) is 9.59 Å². The second-order valence-electron chi connectivity index (χ2n) is 9.64. The summed E-state index contributed by atoms with van der Waals surface area (Å²) in [7, 11) is 0. The predicted molar refractivity (Wildman–Crippen MR) is 145 cm³/mol. The minimum atomic E-state index is -0.668. The molecule has 5 nitrogen and oxygen atoms in total. The topological polar surface area (TPSA) is 58.6 Å². The first-order chi connectivity index (χ1) is 17.2. The van der Waals surface area contributed by atoms with Crippen LogP contribution in [0.2, 0.25) is 0 Å². The summed E-state index contributed by atoms with van der Waals surface area (Å²) in [6, 6.07) is 23.1. The Morgan fingerprint density at radius 1 is 0.861 bits per heavy atom. The van der Waals surface area contributed by atoms with Gasteiger partial charge < -0.3 is 15.0 Å². The third-order valence-corrected chi connectivity index (χ3v) is 6.30. The van der Waals surface area contributed by atoms with E-state index in [9.17, 15) is 9.59 Å². The third kappa shape index (κ3) is 7.98. The van der Waals surface area contributed by atoms with E-state index in [0.29, 0.717) is 18.7 Å². The Bertz CT molecular complexity index is 1120. The Kier molecular flexibility index (Phi) is 9.69. The molecule has 0 aliphatic carbocycles. The van der Waals surface area contributed by atoms with Gasteiger partial charge in [0.1, 0.15) is 11.8 Å². The van der Waals surface area contributed by atoms with E-state index in [-0.39, 0.29) is 24.5 Å². The Morgan fingerprint density at radius 2 is 1.50 bits per heavy atom. The fourth-order valence-electron chi connectivity index (χ4n) is 4.13. The number of hydrogen-bond donors (Lipinski definition) is 1. The molecular weight excluding hydrogens is 448 g/mol. The van der Waals surface area contributed by atoms with Gasteiger partial charge in [-0.1, -0.05) is 73.2 Å². The number of ether oxygens (including phenoxy) is 1. The van der Waals surface area contributed by atoms with Gasteiger partial charge in [0, 0.05) is 19.0 Å². The van der Waals surface area contributed by atoms with Crippen LogP contribution in [-0.2, 0) is 22.6 Å². The molecule has 0 radical (unpaired) electrons. The van der Waals surface area contributed by atoms with Gasteiger partial charge in [-0.2, -0.15) is 0 Å². The van der Waals surface area contributed by atoms with Crippen molar-refractivity contribution in [3.63, 3.8) is 0 Å². The van der Waals surface area contributed by atoms with Crippen molar-refractivity contribution in [1.29, 1.82) is 0 Å². The third-order valence-electron chi connectivity index (χ3n) is 6.30. The highest BCUT2D eigenvalue weighted by atomic mass is 16.5. The summed E-state index contributed by atoms with van der Waals surface area (Å²) in [5.74, 6) is 0.273. The van der Waals surface area contributed by atoms with Crippen LogP contribution in [0, 0.1) is 20.8 Å². The molecule has 3 aromatic rings. The zero-order valence-electron chi connectivity index (χ0n) is 22.1. The molecule has 36 heavy (non-hydrogen) atoms. The molecule has 1 N–H and O–H groups in total. The first kappa shape index (κ1) is 27.0. The van der Waals surface area contributed by atoms with Crippen LogP contribution in [0.4, 0.5) is 0 Å². The predicted octanol–water partition coefficient (Wildman–Crippen LogP) is 5.55. The maximum Gasteiger partial charge on any atom is 0.261 e. The van der Waals surface area contributed by atoms with Crippen LogP contribution in [0.15, 0.2) is 72.8 Å². The van der Waals surface area contributed by atoms with Crippen molar-refractivity contribution in [2.75, 3.05) is 6.61 Å². The standard InChI is InChI=1S/C31H38N2O3/c1-6-25(5)32-31(35)29(19-26-10-8-7-9-11-26)33(20-27-14-12-22(2)13-15-27)30(34)21-36-28-17-23(3)16-24(4)18-28/h7-18,25,29H,6,19-21H2,1-5H3,(H,32,35). The van der Waals surface area contributed by atoms with Crippen LogP contribution in [-0.4, -0.2) is 35.4 Å². The zero-order valence-corrected chi connectivity index (χ0v) is 22.1. The van der Waals surface area contributed by atoms with Crippen LogP contribution in [0.5, 0.6) is 5.75 Å². The molecule has 2 unspecified atom stereocenters. The van der Waals surface area contributed by atoms with Gasteiger partial charge in [0.25, 0.3) is 5.91 Å². The molecule has 0 spiro atoms. The summed E-state index contributed by atoms with van der Waals surface area (Å²) >= 11 is 0. The van der Waals surface area contributed by atoms with E-state index in [0.717, 1.165) is 34.2 Å². The molecule has 2 atom stereocenters. The van der Waals surface area contributed by atoms with Gasteiger partial charge in [0.15, 0.2) is 6.61 Å². The lowest BCUT2D eigenvalue weighted by atomic mass is 10.0. The lowest BCUT2D eigenvalue weighted by Crippen LogP contribution is -2.53. The highest BCUT2D eigenvalue weighted by molar-refractivity contribution is 5.88. The zero-order chi connectivity index (χ0) is 26.1. The second-order valence-corrected chi connectivity index (χ2v) is 9.64. The fraction of sp³-hybridized carbons (Fsp3) is 0.355. The number of amides is 2. The minimum absolute atomic E-state index is 0.0126. The summed E-state index contributed by atoms with van der Waals surface area (Å²) in [6.07, 6.45) is 1.23. The first-order valence-corrected chi connectivity index (χ1v) is 12.7. The number of carbonyl (C=O) groups is 2. The molecular formula is C31H38N2O3. The molecule has 0 aliphatic rings. The van der Waals surface area contributed by atoms with Crippen LogP contribution in [0.1, 0.15) is 48.1 Å². The smallest absolute Gasteiger partial charge is 0.261 e. The average Bonchev–Trinajstić information content (AvgIpc) is 2.85. The fourth-order valence-corrected chi connectivity index (χ4v) is 4.13. The van der Waals surface area contributed by atoms with Gasteiger partial charge >= 0.3 is 0 Å². The van der Waals surface area contributed by atoms with E-state index in [1.807, 2.05) is 101 Å². The average molecular weight is 487 g/mol. The maximum atomic E-state index is 13.7. The van der Waals surface area contributed by atoms with Crippen LogP contribution >= 0.6 is 0 Å². The van der Waals surface area contributed by atoms with E-state index in [2.05, 4.69) is 11.4 Å². The van der Waals surface area contributed by atoms with Crippen molar-refractivity contribution in [3.05, 3.63) is 101 Å². The summed E-state index contributed by atoms with van der Waals surface area (Å²) in [5, 5.41) is 3.10. The van der Waals surface area contributed by atoms with Crippen molar-refractivity contribution in [3.8, 4) is 5.75 Å². The molecule has 0 heterocycles. The molecule has 0 aromatic heterocycles. The van der Waals surface area contributed by atoms with Crippen molar-refractivity contribution in [2.45, 2.75) is 66.1 Å². The SMILES string of the molecule is CCC(C)NC(=O)C(Cc1ccccc1)N(Cc1ccc(C)cc1)C(=O)COc1cc(C)cc(C)c1. The van der Waals surface area contributed by atoms with Crippen molar-refractivity contribution >= 4 is 11.8 Å². The molecule has 0 saturated heterocycles. The van der Waals surface area contributed by atoms with Gasteiger partial charge in [0.05, 0.1) is 0 Å². The molecule has 0 bridgehead atoms. The number of aryl methyl sites for hydroxylation is 3. The quantitative estimate of drug-likeness (QED) is 0.387. The van der Waals surface area contributed by atoms with Gasteiger partial charge in [-0.15, -0.1) is 0 Å². The van der Waals surface area contributed by atoms with E-state index >= 15 is 0 Å². The van der Waals surface area contributed by atoms with Gasteiger partial charge in [-0.05, 0) is 68.5 Å². The molecule has 3 rings (SSSR count). The monoisotopic (exact) mass is 486 g/mol. The number of hydrogen-bond acceptors (Lipinski definition) is 3. The van der Waals surface area contributed by atoms with Crippen LogP contribution < -0.4 is 10.1 Å². The Labute approximate surface area is 215 Å². The molecule has 3 aromatic carbocycles. The normalized spacial score (nSPS) is 12.5. The summed E-state index contributed by atoms with van der Waals surface area (Å²) in [5.41, 5.74) is 5.26. The summed E-state index contributed by atoms with van der Waals surface area (Å²) < 4.78 is 5.93. The highest BCUT2D eigenvalue weighted by Gasteiger charge is 2.31. The van der Waals surface area contributed by atoms with E-state index in [4.69, 9.17) is 4.74 Å². The second kappa shape index (κ2) is 12.9.